The van der Waals surface area contributed by atoms with Crippen molar-refractivity contribution in [1.82, 2.24) is 0 Å². The summed E-state index contributed by atoms with van der Waals surface area (Å²) in [6.45, 7) is 0. The van der Waals surface area contributed by atoms with Gasteiger partial charge in [0.15, 0.2) is 0 Å². The van der Waals surface area contributed by atoms with Gasteiger partial charge in [-0.25, -0.2) is 16.8 Å². The van der Waals surface area contributed by atoms with Crippen LogP contribution in [0.5, 0.6) is 0 Å². The molecule has 0 bridgehead atoms. The second-order valence-electron chi connectivity index (χ2n) is 11.9. The van der Waals surface area contributed by atoms with Crippen molar-refractivity contribution >= 4 is 93.4 Å². The lowest BCUT2D eigenvalue weighted by atomic mass is 10.1. The zero-order valence-electron chi connectivity index (χ0n) is 27.5. The summed E-state index contributed by atoms with van der Waals surface area (Å²) in [5.41, 5.74) is -0.389. The van der Waals surface area contributed by atoms with Gasteiger partial charge in [0.25, 0.3) is 60.5 Å². The first-order valence-corrected chi connectivity index (χ1v) is 23.8. The minimum Gasteiger partial charge on any atom is -0.282 e. The quantitative estimate of drug-likeness (QED) is 0.0991. The topological polar surface area (TPSA) is 310 Å². The lowest BCUT2D eigenvalue weighted by molar-refractivity contribution is 0.481. The Kier molecular flexibility index (Phi) is 10.1. The van der Waals surface area contributed by atoms with E-state index in [1.54, 1.807) is 0 Å². The van der Waals surface area contributed by atoms with Crippen LogP contribution in [-0.4, -0.2) is 68.7 Å². The monoisotopic (exact) mass is 884 g/mol. The van der Waals surface area contributed by atoms with Crippen molar-refractivity contribution in [2.45, 2.75) is 29.4 Å². The molecule has 0 fully saturated rings. The maximum absolute atomic E-state index is 13.3. The minimum absolute atomic E-state index is 0.0645. The average Bonchev–Trinajstić information content (AvgIpc) is 3.08. The smallest absolute Gasteiger partial charge is 0.282 e. The maximum Gasteiger partial charge on any atom is 0.296 e. The third-order valence-corrected chi connectivity index (χ3v) is 14.4. The van der Waals surface area contributed by atoms with Crippen LogP contribution in [0.3, 0.4) is 0 Å². The first kappa shape index (κ1) is 40.6. The third-order valence-electron chi connectivity index (χ3n) is 8.12. The van der Waals surface area contributed by atoms with E-state index < -0.39 is 91.5 Å². The summed E-state index contributed by atoms with van der Waals surface area (Å²) >= 11 is 0. The largest absolute Gasteiger partial charge is 0.296 e. The van der Waals surface area contributed by atoms with Crippen molar-refractivity contribution in [2.75, 3.05) is 9.44 Å². The molecule has 0 atom stereocenters. The highest BCUT2D eigenvalue weighted by Crippen LogP contribution is 2.34. The number of anilines is 2. The molecule has 0 saturated carbocycles. The number of rotatable bonds is 11. The van der Waals surface area contributed by atoms with Gasteiger partial charge in [-0.15, -0.1) is 0 Å². The van der Waals surface area contributed by atoms with Gasteiger partial charge in [0.1, 0.15) is 9.79 Å². The number of hydrogen-bond acceptors (Lipinski definition) is 12. The van der Waals surface area contributed by atoms with E-state index >= 15 is 0 Å². The molecule has 18 nitrogen and oxygen atoms in total. The molecule has 6 rings (SSSR count). The SMILES string of the molecule is O=S(=O)(O)c1ccc2cc(NS(=O)(=O)c3ccc(-c4ccc(S(=O)(=O)Nc5cc6ccc(S(=O)(=O)O)cc6cc5S(=O)(=O)O)cc4)cc3)c(S(=O)(=O)O)cc2c1. The molecule has 6 aromatic rings. The van der Waals surface area contributed by atoms with Gasteiger partial charge < -0.3 is 0 Å². The highest BCUT2D eigenvalue weighted by Gasteiger charge is 2.25. The number of fused-ring (bicyclic) bond motifs is 2. The zero-order chi connectivity index (χ0) is 41.2. The lowest BCUT2D eigenvalue weighted by Crippen LogP contribution is -2.16. The predicted octanol–water partition coefficient (Wildman–Crippen LogP) is 4.25. The second-order valence-corrected chi connectivity index (χ2v) is 20.9. The van der Waals surface area contributed by atoms with Crippen LogP contribution in [0.2, 0.25) is 0 Å². The van der Waals surface area contributed by atoms with Crippen molar-refractivity contribution < 1.29 is 68.7 Å². The van der Waals surface area contributed by atoms with Crippen LogP contribution in [-0.2, 0) is 60.5 Å². The average molecular weight is 885 g/mol. The summed E-state index contributed by atoms with van der Waals surface area (Å²) < 4.78 is 190. The van der Waals surface area contributed by atoms with E-state index in [1.807, 2.05) is 0 Å². The molecule has 0 aliphatic carbocycles. The van der Waals surface area contributed by atoms with Crippen LogP contribution < -0.4 is 9.44 Å². The van der Waals surface area contributed by atoms with Gasteiger partial charge in [-0.05, 0) is 105 Å². The third kappa shape index (κ3) is 8.53. The first-order chi connectivity index (χ1) is 25.7. The number of nitrogens with one attached hydrogen (secondary N) is 2. The second kappa shape index (κ2) is 13.9. The van der Waals surface area contributed by atoms with Gasteiger partial charge >= 0.3 is 0 Å². The Hall–Kier alpha value is -5.02. The molecule has 0 aliphatic rings. The summed E-state index contributed by atoms with van der Waals surface area (Å²) in [4.78, 5) is -3.71. The molecule has 6 N–H and O–H groups in total. The molecule has 0 amide bonds. The summed E-state index contributed by atoms with van der Waals surface area (Å²) in [7, 11) is -28.6. The standard InChI is InChI=1S/C32H24N2O16S6/c35-51(36,33-29-15-21-5-11-27(53(39,40)41)13-23(21)17-31(29)55(45,46)47)25-7-1-19(2-8-25)20-3-9-26(10-4-20)52(37,38)34-30-16-22-6-12-28(54(42,43)44)14-24(22)18-32(30)56(48,49)50/h1-18,33-34H,(H,39,40,41)(H,42,43,44)(H,45,46,47)(H,48,49,50). The molecule has 0 unspecified atom stereocenters. The van der Waals surface area contributed by atoms with Gasteiger partial charge in [-0.1, -0.05) is 36.4 Å². The molecule has 0 spiro atoms. The lowest BCUT2D eigenvalue weighted by Gasteiger charge is -2.14. The van der Waals surface area contributed by atoms with E-state index in [0.717, 1.165) is 72.8 Å². The van der Waals surface area contributed by atoms with Gasteiger partial charge in [0, 0.05) is 0 Å². The molecule has 294 valence electrons. The van der Waals surface area contributed by atoms with Crippen LogP contribution in [0.1, 0.15) is 0 Å². The summed E-state index contributed by atoms with van der Waals surface area (Å²) in [5.74, 6) is 0. The van der Waals surface area contributed by atoms with E-state index in [4.69, 9.17) is 0 Å². The van der Waals surface area contributed by atoms with Crippen molar-refractivity contribution in [2.24, 2.45) is 0 Å². The predicted molar refractivity (Wildman–Crippen MR) is 201 cm³/mol. The Labute approximate surface area is 319 Å². The van der Waals surface area contributed by atoms with Crippen molar-refractivity contribution in [3.8, 4) is 11.1 Å². The molecule has 0 heterocycles. The Morgan fingerprint density at radius 3 is 0.911 bits per heavy atom. The Morgan fingerprint density at radius 1 is 0.321 bits per heavy atom. The number of sulfonamides is 2. The van der Waals surface area contributed by atoms with Crippen molar-refractivity contribution in [3.63, 3.8) is 0 Å². The summed E-state index contributed by atoms with van der Waals surface area (Å²) in [6.07, 6.45) is 0. The van der Waals surface area contributed by atoms with E-state index in [9.17, 15) is 68.7 Å². The maximum atomic E-state index is 13.3. The Bertz CT molecular complexity index is 3080. The molecule has 0 aromatic heterocycles. The fraction of sp³-hybridized carbons (Fsp3) is 0. The van der Waals surface area contributed by atoms with Crippen LogP contribution in [0.4, 0.5) is 11.4 Å². The molecule has 6 aromatic carbocycles. The molecular formula is C32H24N2O16S6. The van der Waals surface area contributed by atoms with Gasteiger partial charge in [0.2, 0.25) is 0 Å². The molecular weight excluding hydrogens is 861 g/mol. The summed E-state index contributed by atoms with van der Waals surface area (Å²) in [5, 5.41) is 0.161. The Balaban J connectivity index is 1.25. The summed E-state index contributed by atoms with van der Waals surface area (Å²) in [6, 6.07) is 19.9. The fourth-order valence-corrected chi connectivity index (χ4v) is 10.1. The highest BCUT2D eigenvalue weighted by molar-refractivity contribution is 7.93. The number of benzene rings is 6. The van der Waals surface area contributed by atoms with Crippen LogP contribution in [0.25, 0.3) is 32.7 Å². The van der Waals surface area contributed by atoms with Crippen LogP contribution >= 0.6 is 0 Å². The van der Waals surface area contributed by atoms with E-state index in [1.165, 1.54) is 36.4 Å². The molecule has 0 saturated heterocycles. The molecule has 0 radical (unpaired) electrons. The highest BCUT2D eigenvalue weighted by atomic mass is 32.2. The molecule has 0 aliphatic heterocycles. The zero-order valence-corrected chi connectivity index (χ0v) is 32.4. The van der Waals surface area contributed by atoms with E-state index in [2.05, 4.69) is 9.44 Å². The van der Waals surface area contributed by atoms with Crippen LogP contribution in [0.15, 0.2) is 139 Å². The Morgan fingerprint density at radius 2 is 0.625 bits per heavy atom. The fourth-order valence-electron chi connectivity index (χ4n) is 5.48. The van der Waals surface area contributed by atoms with E-state index in [-0.39, 0.29) is 31.3 Å². The molecule has 56 heavy (non-hydrogen) atoms. The normalized spacial score (nSPS) is 13.1. The van der Waals surface area contributed by atoms with Crippen molar-refractivity contribution in [1.29, 1.82) is 0 Å². The molecule has 24 heteroatoms. The van der Waals surface area contributed by atoms with E-state index in [0.29, 0.717) is 11.1 Å². The van der Waals surface area contributed by atoms with Gasteiger partial charge in [-0.2, -0.15) is 33.7 Å². The van der Waals surface area contributed by atoms with Gasteiger partial charge in [-0.3, -0.25) is 27.7 Å². The van der Waals surface area contributed by atoms with Crippen molar-refractivity contribution in [3.05, 3.63) is 109 Å². The first-order valence-electron chi connectivity index (χ1n) is 15.0. The minimum atomic E-state index is -5.08. The van der Waals surface area contributed by atoms with Crippen LogP contribution in [0, 0.1) is 0 Å². The number of hydrogen-bond donors (Lipinski definition) is 6. The van der Waals surface area contributed by atoms with Gasteiger partial charge in [0.05, 0.1) is 31.0 Å².